The minimum atomic E-state index is -0.378. The van der Waals surface area contributed by atoms with Crippen LogP contribution in [0, 0.1) is 0 Å². The summed E-state index contributed by atoms with van der Waals surface area (Å²) in [4.78, 5) is 14.3. The van der Waals surface area contributed by atoms with Crippen molar-refractivity contribution in [3.63, 3.8) is 0 Å². The van der Waals surface area contributed by atoms with E-state index in [1.165, 1.54) is 0 Å². The standard InChI is InChI=1S/C18H19ClN4O3/c1-23(2)10-12-9-17(22-21-12)20-18(24)16-8-7-13(26-16)11-25-15-6-4-3-5-14(15)19/h3-9H,10-11H2,1-2H3,(H2,20,21,22,24). The van der Waals surface area contributed by atoms with E-state index in [-0.39, 0.29) is 18.3 Å². The van der Waals surface area contributed by atoms with E-state index in [4.69, 9.17) is 20.8 Å². The molecule has 0 aliphatic heterocycles. The van der Waals surface area contributed by atoms with Crippen molar-refractivity contribution < 1.29 is 13.9 Å². The average molecular weight is 375 g/mol. The summed E-state index contributed by atoms with van der Waals surface area (Å²) in [6.45, 7) is 0.875. The fourth-order valence-electron chi connectivity index (χ4n) is 2.31. The lowest BCUT2D eigenvalue weighted by Crippen LogP contribution is -2.11. The maximum Gasteiger partial charge on any atom is 0.292 e. The number of hydrogen-bond donors (Lipinski definition) is 2. The van der Waals surface area contributed by atoms with Crippen LogP contribution in [0.25, 0.3) is 0 Å². The number of para-hydroxylation sites is 1. The normalized spacial score (nSPS) is 10.9. The van der Waals surface area contributed by atoms with Crippen molar-refractivity contribution in [3.8, 4) is 5.75 Å². The molecule has 26 heavy (non-hydrogen) atoms. The number of amides is 1. The van der Waals surface area contributed by atoms with Gasteiger partial charge in [-0.1, -0.05) is 23.7 Å². The van der Waals surface area contributed by atoms with Gasteiger partial charge >= 0.3 is 0 Å². The Kier molecular flexibility index (Phi) is 5.60. The molecule has 0 radical (unpaired) electrons. The van der Waals surface area contributed by atoms with Gasteiger partial charge in [-0.3, -0.25) is 9.89 Å². The number of ether oxygens (including phenoxy) is 1. The first-order valence-electron chi connectivity index (χ1n) is 7.97. The van der Waals surface area contributed by atoms with Crippen LogP contribution in [0.15, 0.2) is 46.9 Å². The fraction of sp³-hybridized carbons (Fsp3) is 0.222. The van der Waals surface area contributed by atoms with Gasteiger partial charge in [-0.15, -0.1) is 0 Å². The molecule has 0 aliphatic rings. The van der Waals surface area contributed by atoms with Gasteiger partial charge in [0.2, 0.25) is 0 Å². The van der Waals surface area contributed by atoms with Gasteiger partial charge in [0.25, 0.3) is 5.91 Å². The predicted molar refractivity (Wildman–Crippen MR) is 98.4 cm³/mol. The number of carbonyl (C=O) groups excluding carboxylic acids is 1. The van der Waals surface area contributed by atoms with Crippen LogP contribution >= 0.6 is 11.6 Å². The molecule has 0 fully saturated rings. The van der Waals surface area contributed by atoms with Crippen LogP contribution in [0.2, 0.25) is 5.02 Å². The SMILES string of the molecule is CN(C)Cc1cc(NC(=O)c2ccc(COc3ccccc3Cl)o2)n[nH]1. The third-order valence-electron chi connectivity index (χ3n) is 3.45. The molecular formula is C18H19ClN4O3. The monoisotopic (exact) mass is 374 g/mol. The quantitative estimate of drug-likeness (QED) is 0.660. The molecule has 0 aliphatic carbocycles. The van der Waals surface area contributed by atoms with Crippen molar-refractivity contribution in [1.82, 2.24) is 15.1 Å². The van der Waals surface area contributed by atoms with Crippen molar-refractivity contribution >= 4 is 23.3 Å². The molecule has 0 atom stereocenters. The molecule has 0 saturated carbocycles. The Balaban J connectivity index is 1.57. The molecule has 1 amide bonds. The topological polar surface area (TPSA) is 83.4 Å². The zero-order valence-electron chi connectivity index (χ0n) is 14.5. The Morgan fingerprint density at radius 2 is 2.12 bits per heavy atom. The van der Waals surface area contributed by atoms with Crippen molar-refractivity contribution in [2.24, 2.45) is 0 Å². The molecule has 1 aromatic carbocycles. The van der Waals surface area contributed by atoms with Crippen molar-refractivity contribution in [2.75, 3.05) is 19.4 Å². The van der Waals surface area contributed by atoms with E-state index in [9.17, 15) is 4.79 Å². The fourth-order valence-corrected chi connectivity index (χ4v) is 2.50. The van der Waals surface area contributed by atoms with Gasteiger partial charge in [-0.25, -0.2) is 0 Å². The number of hydrogen-bond acceptors (Lipinski definition) is 5. The van der Waals surface area contributed by atoms with E-state index in [1.54, 1.807) is 30.3 Å². The van der Waals surface area contributed by atoms with Gasteiger partial charge in [-0.2, -0.15) is 5.10 Å². The van der Waals surface area contributed by atoms with Gasteiger partial charge in [0.15, 0.2) is 11.6 Å². The number of benzene rings is 1. The molecule has 0 bridgehead atoms. The van der Waals surface area contributed by atoms with Gasteiger partial charge in [0.05, 0.1) is 10.7 Å². The van der Waals surface area contributed by atoms with E-state index in [2.05, 4.69) is 15.5 Å². The third kappa shape index (κ3) is 4.65. The second-order valence-corrected chi connectivity index (χ2v) is 6.36. The third-order valence-corrected chi connectivity index (χ3v) is 3.76. The Bertz CT molecular complexity index is 888. The lowest BCUT2D eigenvalue weighted by molar-refractivity contribution is 0.0992. The summed E-state index contributed by atoms with van der Waals surface area (Å²) >= 11 is 6.04. The van der Waals surface area contributed by atoms with Crippen molar-refractivity contribution in [3.05, 3.63) is 64.7 Å². The molecule has 8 heteroatoms. The first-order chi connectivity index (χ1) is 12.5. The predicted octanol–water partition coefficient (Wildman–Crippen LogP) is 3.55. The number of carbonyl (C=O) groups is 1. The average Bonchev–Trinajstić information content (AvgIpc) is 3.23. The maximum atomic E-state index is 12.3. The smallest absolute Gasteiger partial charge is 0.292 e. The molecule has 2 N–H and O–H groups in total. The summed E-state index contributed by atoms with van der Waals surface area (Å²) in [7, 11) is 3.91. The molecule has 3 aromatic rings. The van der Waals surface area contributed by atoms with Gasteiger partial charge in [0, 0.05) is 12.6 Å². The zero-order valence-corrected chi connectivity index (χ0v) is 15.2. The van der Waals surface area contributed by atoms with Crippen LogP contribution in [-0.4, -0.2) is 35.1 Å². The van der Waals surface area contributed by atoms with E-state index < -0.39 is 0 Å². The summed E-state index contributed by atoms with van der Waals surface area (Å²) in [6, 6.07) is 12.2. The number of aromatic nitrogens is 2. The summed E-state index contributed by atoms with van der Waals surface area (Å²) in [5.41, 5.74) is 0.901. The number of halogens is 1. The molecule has 7 nitrogen and oxygen atoms in total. The number of aromatic amines is 1. The molecule has 0 spiro atoms. The lowest BCUT2D eigenvalue weighted by atomic mass is 10.3. The van der Waals surface area contributed by atoms with Gasteiger partial charge < -0.3 is 19.4 Å². The first-order valence-corrected chi connectivity index (χ1v) is 8.35. The van der Waals surface area contributed by atoms with Crippen LogP contribution < -0.4 is 10.1 Å². The molecule has 2 heterocycles. The molecule has 0 saturated heterocycles. The van der Waals surface area contributed by atoms with E-state index >= 15 is 0 Å². The van der Waals surface area contributed by atoms with E-state index in [1.807, 2.05) is 31.1 Å². The number of nitrogens with one attached hydrogen (secondary N) is 2. The second kappa shape index (κ2) is 8.07. The van der Waals surface area contributed by atoms with Crippen LogP contribution in [0.4, 0.5) is 5.82 Å². The number of anilines is 1. The Labute approximate surface area is 155 Å². The van der Waals surface area contributed by atoms with Crippen LogP contribution in [0.1, 0.15) is 22.0 Å². The Morgan fingerprint density at radius 1 is 1.31 bits per heavy atom. The van der Waals surface area contributed by atoms with Crippen LogP contribution in [0.3, 0.4) is 0 Å². The van der Waals surface area contributed by atoms with E-state index in [0.717, 1.165) is 5.69 Å². The first kappa shape index (κ1) is 18.0. The summed E-state index contributed by atoms with van der Waals surface area (Å²) in [5.74, 6) is 1.32. The van der Waals surface area contributed by atoms with E-state index in [0.29, 0.717) is 28.9 Å². The molecule has 3 rings (SSSR count). The minimum absolute atomic E-state index is 0.173. The summed E-state index contributed by atoms with van der Waals surface area (Å²) in [5, 5.41) is 10.1. The highest BCUT2D eigenvalue weighted by Crippen LogP contribution is 2.24. The second-order valence-electron chi connectivity index (χ2n) is 5.96. The maximum absolute atomic E-state index is 12.3. The number of furan rings is 1. The number of H-pyrrole nitrogens is 1. The lowest BCUT2D eigenvalue weighted by Gasteiger charge is -2.05. The Morgan fingerprint density at radius 3 is 2.88 bits per heavy atom. The zero-order chi connectivity index (χ0) is 18.5. The van der Waals surface area contributed by atoms with Crippen LogP contribution in [-0.2, 0) is 13.2 Å². The molecule has 0 unspecified atom stereocenters. The summed E-state index contributed by atoms with van der Waals surface area (Å²) < 4.78 is 11.1. The van der Waals surface area contributed by atoms with Crippen molar-refractivity contribution in [1.29, 1.82) is 0 Å². The highest BCUT2D eigenvalue weighted by atomic mass is 35.5. The Hall–Kier alpha value is -2.77. The molecular weight excluding hydrogens is 356 g/mol. The van der Waals surface area contributed by atoms with Crippen molar-refractivity contribution in [2.45, 2.75) is 13.2 Å². The van der Waals surface area contributed by atoms with Gasteiger partial charge in [0.1, 0.15) is 18.1 Å². The number of nitrogens with zero attached hydrogens (tertiary/aromatic N) is 2. The summed E-state index contributed by atoms with van der Waals surface area (Å²) in [6.07, 6.45) is 0. The number of rotatable bonds is 7. The van der Waals surface area contributed by atoms with Crippen LogP contribution in [0.5, 0.6) is 5.75 Å². The highest BCUT2D eigenvalue weighted by molar-refractivity contribution is 6.32. The molecule has 136 valence electrons. The highest BCUT2D eigenvalue weighted by Gasteiger charge is 2.14. The largest absolute Gasteiger partial charge is 0.484 e. The molecule has 2 aromatic heterocycles. The minimum Gasteiger partial charge on any atom is -0.484 e. The van der Waals surface area contributed by atoms with Gasteiger partial charge in [-0.05, 0) is 38.4 Å².